The van der Waals surface area contributed by atoms with Crippen molar-refractivity contribution in [3.63, 3.8) is 0 Å². The molecule has 0 saturated heterocycles. The molecule has 4 nitrogen and oxygen atoms in total. The number of hydrogen-bond acceptors (Lipinski definition) is 3. The highest BCUT2D eigenvalue weighted by molar-refractivity contribution is 6.05. The van der Waals surface area contributed by atoms with E-state index in [4.69, 9.17) is 0 Å². The first kappa shape index (κ1) is 21.0. The number of halogens is 3. The largest absolute Gasteiger partial charge is 0.416 e. The summed E-state index contributed by atoms with van der Waals surface area (Å²) in [5.74, 6) is 0. The average Bonchev–Trinajstić information content (AvgIpc) is 2.87. The molecule has 0 radical (unpaired) electrons. The lowest BCUT2D eigenvalue weighted by molar-refractivity contribution is -0.137. The summed E-state index contributed by atoms with van der Waals surface area (Å²) in [7, 11) is 0. The maximum atomic E-state index is 13.4. The van der Waals surface area contributed by atoms with Crippen LogP contribution in [0.3, 0.4) is 0 Å². The van der Waals surface area contributed by atoms with Crippen LogP contribution in [0.1, 0.15) is 5.56 Å². The van der Waals surface area contributed by atoms with Gasteiger partial charge in [0.1, 0.15) is 0 Å². The lowest BCUT2D eigenvalue weighted by Crippen LogP contribution is -2.18. The Balaban J connectivity index is 1.64. The number of benzene rings is 3. The zero-order chi connectivity index (χ0) is 24.2. The number of alkyl halides is 3. The van der Waals surface area contributed by atoms with Gasteiger partial charge in [-0.1, -0.05) is 30.3 Å². The minimum absolute atomic E-state index is 0.140. The van der Waals surface area contributed by atoms with E-state index in [9.17, 15) is 18.0 Å². The molecule has 0 aliphatic heterocycles. The van der Waals surface area contributed by atoms with E-state index in [0.717, 1.165) is 34.2 Å². The highest BCUT2D eigenvalue weighted by atomic mass is 19.4. The molecule has 0 aliphatic rings. The molecule has 0 aliphatic carbocycles. The molecule has 0 atom stereocenters. The molecule has 6 rings (SSSR count). The molecule has 3 aromatic heterocycles. The van der Waals surface area contributed by atoms with Gasteiger partial charge in [-0.15, -0.1) is 0 Å². The Bertz CT molecular complexity index is 1820. The summed E-state index contributed by atoms with van der Waals surface area (Å²) < 4.78 is 41.5. The first-order valence-corrected chi connectivity index (χ1v) is 10.9. The fraction of sp³-hybridized carbons (Fsp3) is 0.0357. The average molecular weight is 467 g/mol. The molecule has 3 heterocycles. The molecule has 0 spiro atoms. The smallest absolute Gasteiger partial charge is 0.276 e. The monoisotopic (exact) mass is 467 g/mol. The van der Waals surface area contributed by atoms with Gasteiger partial charge >= 0.3 is 6.18 Å². The number of pyridine rings is 3. The van der Waals surface area contributed by atoms with Crippen molar-refractivity contribution < 1.29 is 13.2 Å². The van der Waals surface area contributed by atoms with Crippen molar-refractivity contribution >= 4 is 32.7 Å². The van der Waals surface area contributed by atoms with Crippen LogP contribution in [0.4, 0.5) is 13.2 Å². The van der Waals surface area contributed by atoms with Crippen LogP contribution in [-0.4, -0.2) is 14.5 Å². The Morgan fingerprint density at radius 3 is 2.37 bits per heavy atom. The zero-order valence-electron chi connectivity index (χ0n) is 18.1. The van der Waals surface area contributed by atoms with E-state index in [0.29, 0.717) is 21.8 Å². The minimum atomic E-state index is -4.52. The van der Waals surface area contributed by atoms with Gasteiger partial charge < -0.3 is 0 Å². The predicted molar refractivity (Wildman–Crippen MR) is 131 cm³/mol. The highest BCUT2D eigenvalue weighted by Gasteiger charge is 2.30. The van der Waals surface area contributed by atoms with Crippen LogP contribution in [0.25, 0.3) is 49.5 Å². The van der Waals surface area contributed by atoms with Crippen molar-refractivity contribution in [1.82, 2.24) is 14.5 Å². The number of para-hydroxylation sites is 1. The third kappa shape index (κ3) is 3.61. The van der Waals surface area contributed by atoms with E-state index in [1.54, 1.807) is 18.5 Å². The van der Waals surface area contributed by atoms with E-state index < -0.39 is 17.3 Å². The molecule has 0 saturated carbocycles. The van der Waals surface area contributed by atoms with Gasteiger partial charge in [0, 0.05) is 45.9 Å². The SMILES string of the molecule is O=c1ccc2cnc3ccc(-c4cnc5ccccc5c4)cc3c2n1-c1cccc(C(F)(F)F)c1. The van der Waals surface area contributed by atoms with Gasteiger partial charge in [-0.3, -0.25) is 19.3 Å². The Labute approximate surface area is 196 Å². The van der Waals surface area contributed by atoms with E-state index in [-0.39, 0.29) is 5.69 Å². The van der Waals surface area contributed by atoms with Gasteiger partial charge in [0.15, 0.2) is 0 Å². The second-order valence-corrected chi connectivity index (χ2v) is 8.27. The van der Waals surface area contributed by atoms with Gasteiger partial charge in [0.05, 0.1) is 22.1 Å². The standard InChI is InChI=1S/C28H16F3N3O/c29-28(30,31)21-5-3-6-22(14-21)34-26(35)11-9-19-15-33-25-10-8-17(13-23(25)27(19)34)20-12-18-4-1-2-7-24(18)32-16-20/h1-16H. The fourth-order valence-corrected chi connectivity index (χ4v) is 4.40. The van der Waals surface area contributed by atoms with Crippen LogP contribution >= 0.6 is 0 Å². The molecule has 0 unspecified atom stereocenters. The summed E-state index contributed by atoms with van der Waals surface area (Å²) >= 11 is 0. The van der Waals surface area contributed by atoms with Crippen molar-refractivity contribution in [1.29, 1.82) is 0 Å². The van der Waals surface area contributed by atoms with Crippen molar-refractivity contribution in [2.24, 2.45) is 0 Å². The zero-order valence-corrected chi connectivity index (χ0v) is 18.1. The predicted octanol–water partition coefficient (Wildman–Crippen LogP) is 6.77. The maximum absolute atomic E-state index is 13.4. The number of aromatic nitrogens is 3. The molecule has 0 fully saturated rings. The molecule has 7 heteroatoms. The Morgan fingerprint density at radius 1 is 0.686 bits per heavy atom. The van der Waals surface area contributed by atoms with Crippen molar-refractivity contribution in [2.45, 2.75) is 6.18 Å². The van der Waals surface area contributed by atoms with Gasteiger partial charge in [0.25, 0.3) is 5.56 Å². The molecular weight excluding hydrogens is 451 g/mol. The minimum Gasteiger partial charge on any atom is -0.276 e. The van der Waals surface area contributed by atoms with Crippen molar-refractivity contribution in [3.8, 4) is 16.8 Å². The van der Waals surface area contributed by atoms with Crippen molar-refractivity contribution in [2.75, 3.05) is 0 Å². The Morgan fingerprint density at radius 2 is 1.51 bits per heavy atom. The first-order valence-electron chi connectivity index (χ1n) is 10.9. The summed E-state index contributed by atoms with van der Waals surface area (Å²) in [4.78, 5) is 22.0. The van der Waals surface area contributed by atoms with Crippen LogP contribution in [0.15, 0.2) is 102 Å². The quantitative estimate of drug-likeness (QED) is 0.264. The van der Waals surface area contributed by atoms with Crippen LogP contribution in [0, 0.1) is 0 Å². The topological polar surface area (TPSA) is 47.8 Å². The molecule has 0 bridgehead atoms. The summed E-state index contributed by atoms with van der Waals surface area (Å²) in [6.45, 7) is 0. The van der Waals surface area contributed by atoms with Gasteiger partial charge in [0.2, 0.25) is 0 Å². The number of fused-ring (bicyclic) bond motifs is 4. The van der Waals surface area contributed by atoms with Crippen LogP contribution in [0.2, 0.25) is 0 Å². The fourth-order valence-electron chi connectivity index (χ4n) is 4.40. The Kier molecular flexibility index (Phi) is 4.67. The summed E-state index contributed by atoms with van der Waals surface area (Å²) in [6.07, 6.45) is -1.12. The van der Waals surface area contributed by atoms with Crippen LogP contribution in [0.5, 0.6) is 0 Å². The molecule has 0 N–H and O–H groups in total. The molecule has 6 aromatic rings. The van der Waals surface area contributed by atoms with Gasteiger partial charge in [-0.25, -0.2) is 0 Å². The molecule has 35 heavy (non-hydrogen) atoms. The first-order chi connectivity index (χ1) is 16.9. The summed E-state index contributed by atoms with van der Waals surface area (Å²) in [5, 5.41) is 2.29. The van der Waals surface area contributed by atoms with Crippen LogP contribution < -0.4 is 5.56 Å². The second-order valence-electron chi connectivity index (χ2n) is 8.27. The van der Waals surface area contributed by atoms with E-state index in [1.165, 1.54) is 22.8 Å². The lowest BCUT2D eigenvalue weighted by atomic mass is 10.0. The van der Waals surface area contributed by atoms with Gasteiger partial charge in [-0.2, -0.15) is 13.2 Å². The molecule has 170 valence electrons. The summed E-state index contributed by atoms with van der Waals surface area (Å²) in [5.41, 5.74) is 2.63. The number of rotatable bonds is 2. The third-order valence-corrected chi connectivity index (χ3v) is 6.07. The van der Waals surface area contributed by atoms with E-state index in [1.807, 2.05) is 48.5 Å². The van der Waals surface area contributed by atoms with Crippen LogP contribution in [-0.2, 0) is 6.18 Å². The second kappa shape index (κ2) is 7.77. The summed E-state index contributed by atoms with van der Waals surface area (Å²) in [6, 6.07) is 23.2. The van der Waals surface area contributed by atoms with Crippen molar-refractivity contribution in [3.05, 3.63) is 113 Å². The van der Waals surface area contributed by atoms with Gasteiger partial charge in [-0.05, 0) is 54.1 Å². The number of nitrogens with zero attached hydrogens (tertiary/aromatic N) is 3. The molecule has 0 amide bonds. The third-order valence-electron chi connectivity index (χ3n) is 6.07. The number of hydrogen-bond donors (Lipinski definition) is 0. The normalized spacial score (nSPS) is 12.0. The maximum Gasteiger partial charge on any atom is 0.416 e. The highest BCUT2D eigenvalue weighted by Crippen LogP contribution is 2.33. The van der Waals surface area contributed by atoms with E-state index in [2.05, 4.69) is 9.97 Å². The molecular formula is C28H16F3N3O. The molecule has 3 aromatic carbocycles. The Hall–Kier alpha value is -4.52. The lowest BCUT2D eigenvalue weighted by Gasteiger charge is -2.15. The van der Waals surface area contributed by atoms with E-state index >= 15 is 0 Å².